The lowest BCUT2D eigenvalue weighted by atomic mass is 10.2. The highest BCUT2D eigenvalue weighted by Crippen LogP contribution is 2.24. The Morgan fingerprint density at radius 1 is 1.53 bits per heavy atom. The number of imidazole rings is 1. The van der Waals surface area contributed by atoms with Crippen molar-refractivity contribution in [3.05, 3.63) is 18.2 Å². The Bertz CT molecular complexity index is 318. The highest BCUT2D eigenvalue weighted by molar-refractivity contribution is 7.99. The number of hydrogen-bond donors (Lipinski definition) is 1. The van der Waals surface area contributed by atoms with E-state index in [0.717, 1.165) is 24.9 Å². The van der Waals surface area contributed by atoms with Crippen LogP contribution in [0.3, 0.4) is 0 Å². The number of rotatable bonds is 6. The summed E-state index contributed by atoms with van der Waals surface area (Å²) in [4.78, 5) is 4.41. The summed E-state index contributed by atoms with van der Waals surface area (Å²) in [5.74, 6) is 2.52. The molecular weight excluding hydrogens is 230 g/mol. The number of hydrogen-bond acceptors (Lipinski definition) is 3. The van der Waals surface area contributed by atoms with Gasteiger partial charge in [-0.3, -0.25) is 0 Å². The summed E-state index contributed by atoms with van der Waals surface area (Å²) in [6.07, 6.45) is 9.34. The molecule has 0 amide bonds. The standard InChI is InChI=1S/C13H23N3S/c1-2-7-16-8-6-15-13(16)11-14-10-12-5-3-4-9-17-12/h6,8,12,14H,2-5,7,9-11H2,1H3. The molecule has 1 N–H and O–H groups in total. The van der Waals surface area contributed by atoms with Crippen molar-refractivity contribution in [1.29, 1.82) is 0 Å². The van der Waals surface area contributed by atoms with E-state index >= 15 is 0 Å². The third kappa shape index (κ3) is 4.03. The number of nitrogens with one attached hydrogen (secondary N) is 1. The van der Waals surface area contributed by atoms with E-state index in [0.29, 0.717) is 0 Å². The van der Waals surface area contributed by atoms with E-state index in [2.05, 4.69) is 39.8 Å². The molecule has 0 radical (unpaired) electrons. The van der Waals surface area contributed by atoms with E-state index in [1.807, 2.05) is 6.20 Å². The Morgan fingerprint density at radius 3 is 3.24 bits per heavy atom. The fourth-order valence-electron chi connectivity index (χ4n) is 2.27. The van der Waals surface area contributed by atoms with Gasteiger partial charge in [-0.2, -0.15) is 11.8 Å². The number of aryl methyl sites for hydroxylation is 1. The lowest BCUT2D eigenvalue weighted by Crippen LogP contribution is -2.27. The lowest BCUT2D eigenvalue weighted by Gasteiger charge is -2.21. The van der Waals surface area contributed by atoms with Gasteiger partial charge < -0.3 is 9.88 Å². The largest absolute Gasteiger partial charge is 0.334 e. The van der Waals surface area contributed by atoms with Crippen molar-refractivity contribution in [3.63, 3.8) is 0 Å². The average Bonchev–Trinajstić information content (AvgIpc) is 2.79. The smallest absolute Gasteiger partial charge is 0.122 e. The first kappa shape index (κ1) is 13.0. The van der Waals surface area contributed by atoms with E-state index in [4.69, 9.17) is 0 Å². The molecule has 1 aliphatic rings. The fraction of sp³-hybridized carbons (Fsp3) is 0.769. The summed E-state index contributed by atoms with van der Waals surface area (Å²) in [5.41, 5.74) is 0. The van der Waals surface area contributed by atoms with Crippen LogP contribution in [0.2, 0.25) is 0 Å². The minimum atomic E-state index is 0.818. The molecule has 0 bridgehead atoms. The van der Waals surface area contributed by atoms with Crippen LogP contribution in [0.1, 0.15) is 38.4 Å². The van der Waals surface area contributed by atoms with Crippen LogP contribution < -0.4 is 5.32 Å². The molecule has 0 aliphatic carbocycles. The minimum Gasteiger partial charge on any atom is -0.334 e. The van der Waals surface area contributed by atoms with E-state index in [-0.39, 0.29) is 0 Å². The molecule has 1 aliphatic heterocycles. The molecule has 3 nitrogen and oxygen atoms in total. The molecule has 1 saturated heterocycles. The van der Waals surface area contributed by atoms with E-state index in [9.17, 15) is 0 Å². The third-order valence-corrected chi connectivity index (χ3v) is 4.59. The van der Waals surface area contributed by atoms with Gasteiger partial charge in [0, 0.05) is 30.7 Å². The molecule has 1 aromatic heterocycles. The Balaban J connectivity index is 1.71. The minimum absolute atomic E-state index is 0.818. The van der Waals surface area contributed by atoms with Crippen molar-refractivity contribution in [2.45, 2.75) is 50.9 Å². The maximum atomic E-state index is 4.41. The van der Waals surface area contributed by atoms with Gasteiger partial charge in [0.2, 0.25) is 0 Å². The molecule has 96 valence electrons. The highest BCUT2D eigenvalue weighted by atomic mass is 32.2. The Hall–Kier alpha value is -0.480. The lowest BCUT2D eigenvalue weighted by molar-refractivity contribution is 0.561. The molecule has 1 aromatic rings. The van der Waals surface area contributed by atoms with Crippen LogP contribution in [0.5, 0.6) is 0 Å². The first-order chi connectivity index (χ1) is 8.40. The van der Waals surface area contributed by atoms with Crippen LogP contribution in [-0.4, -0.2) is 27.1 Å². The predicted molar refractivity (Wildman–Crippen MR) is 74.3 cm³/mol. The normalized spacial score (nSPS) is 20.6. The Morgan fingerprint density at radius 2 is 2.47 bits per heavy atom. The Kier molecular flexibility index (Phi) is 5.39. The third-order valence-electron chi connectivity index (χ3n) is 3.20. The summed E-state index contributed by atoms with van der Waals surface area (Å²) in [7, 11) is 0. The Labute approximate surface area is 108 Å². The second-order valence-corrected chi connectivity index (χ2v) is 6.06. The summed E-state index contributed by atoms with van der Waals surface area (Å²) in [5, 5.41) is 4.37. The van der Waals surface area contributed by atoms with Crippen molar-refractivity contribution < 1.29 is 0 Å². The average molecular weight is 253 g/mol. The van der Waals surface area contributed by atoms with E-state index in [1.165, 1.54) is 37.3 Å². The first-order valence-electron chi connectivity index (χ1n) is 6.72. The van der Waals surface area contributed by atoms with Gasteiger partial charge >= 0.3 is 0 Å². The van der Waals surface area contributed by atoms with Crippen molar-refractivity contribution in [1.82, 2.24) is 14.9 Å². The summed E-state index contributed by atoms with van der Waals surface area (Å²) in [6.45, 7) is 5.32. The molecule has 17 heavy (non-hydrogen) atoms. The highest BCUT2D eigenvalue weighted by Gasteiger charge is 2.13. The molecule has 0 saturated carbocycles. The summed E-state index contributed by atoms with van der Waals surface area (Å²) in [6, 6.07) is 0. The van der Waals surface area contributed by atoms with Crippen LogP contribution in [0.15, 0.2) is 12.4 Å². The van der Waals surface area contributed by atoms with Gasteiger partial charge in [0.25, 0.3) is 0 Å². The second-order valence-electron chi connectivity index (χ2n) is 4.66. The topological polar surface area (TPSA) is 29.9 Å². The van der Waals surface area contributed by atoms with Crippen molar-refractivity contribution >= 4 is 11.8 Å². The molecule has 1 fully saturated rings. The zero-order valence-electron chi connectivity index (χ0n) is 10.7. The predicted octanol–water partition coefficient (Wildman–Crippen LogP) is 2.67. The van der Waals surface area contributed by atoms with E-state index < -0.39 is 0 Å². The quantitative estimate of drug-likeness (QED) is 0.845. The maximum Gasteiger partial charge on any atom is 0.122 e. The van der Waals surface area contributed by atoms with Gasteiger partial charge in [-0.1, -0.05) is 13.3 Å². The molecule has 0 aromatic carbocycles. The second kappa shape index (κ2) is 7.07. The van der Waals surface area contributed by atoms with Crippen LogP contribution >= 0.6 is 11.8 Å². The molecule has 1 atom stereocenters. The molecule has 1 unspecified atom stereocenters. The monoisotopic (exact) mass is 253 g/mol. The number of thioether (sulfide) groups is 1. The summed E-state index contributed by atoms with van der Waals surface area (Å²) >= 11 is 2.13. The van der Waals surface area contributed by atoms with Crippen LogP contribution in [0, 0.1) is 0 Å². The van der Waals surface area contributed by atoms with Gasteiger partial charge in [-0.25, -0.2) is 4.98 Å². The van der Waals surface area contributed by atoms with Gasteiger partial charge in [-0.15, -0.1) is 0 Å². The zero-order valence-corrected chi connectivity index (χ0v) is 11.5. The summed E-state index contributed by atoms with van der Waals surface area (Å²) < 4.78 is 2.25. The van der Waals surface area contributed by atoms with Crippen LogP contribution in [0.25, 0.3) is 0 Å². The zero-order chi connectivity index (χ0) is 11.9. The molecular formula is C13H23N3S. The molecule has 2 rings (SSSR count). The van der Waals surface area contributed by atoms with Gasteiger partial charge in [0.1, 0.15) is 5.82 Å². The van der Waals surface area contributed by atoms with E-state index in [1.54, 1.807) is 0 Å². The SMILES string of the molecule is CCCn1ccnc1CNCC1CCCCS1. The van der Waals surface area contributed by atoms with Gasteiger partial charge in [0.05, 0.1) is 6.54 Å². The van der Waals surface area contributed by atoms with Gasteiger partial charge in [0.15, 0.2) is 0 Å². The maximum absolute atomic E-state index is 4.41. The van der Waals surface area contributed by atoms with Crippen molar-refractivity contribution in [3.8, 4) is 0 Å². The van der Waals surface area contributed by atoms with Gasteiger partial charge in [-0.05, 0) is 25.0 Å². The number of nitrogens with zero attached hydrogens (tertiary/aromatic N) is 2. The molecule has 4 heteroatoms. The molecule has 0 spiro atoms. The van der Waals surface area contributed by atoms with Crippen LogP contribution in [0.4, 0.5) is 0 Å². The van der Waals surface area contributed by atoms with Crippen molar-refractivity contribution in [2.75, 3.05) is 12.3 Å². The number of aromatic nitrogens is 2. The van der Waals surface area contributed by atoms with Crippen molar-refractivity contribution in [2.24, 2.45) is 0 Å². The first-order valence-corrected chi connectivity index (χ1v) is 7.77. The molecule has 2 heterocycles. The fourth-order valence-corrected chi connectivity index (χ4v) is 3.54. The van der Waals surface area contributed by atoms with Crippen LogP contribution in [-0.2, 0) is 13.1 Å².